The second kappa shape index (κ2) is 4.00. The Labute approximate surface area is 81.7 Å². The summed E-state index contributed by atoms with van der Waals surface area (Å²) in [6.45, 7) is 3.89. The molecule has 1 aromatic carbocycles. The van der Waals surface area contributed by atoms with Crippen LogP contribution in [0.1, 0.15) is 35.7 Å². The third kappa shape index (κ3) is 1.96. The predicted octanol–water partition coefficient (Wildman–Crippen LogP) is 2.53. The van der Waals surface area contributed by atoms with Gasteiger partial charge in [0.05, 0.1) is 10.5 Å². The van der Waals surface area contributed by atoms with Gasteiger partial charge >= 0.3 is 0 Å². The summed E-state index contributed by atoms with van der Waals surface area (Å²) in [7, 11) is 0. The van der Waals surface area contributed by atoms with Crippen molar-refractivity contribution < 1.29 is 9.72 Å². The van der Waals surface area contributed by atoms with Gasteiger partial charge in [0.1, 0.15) is 0 Å². The topological polar surface area (TPSA) is 60.2 Å². The van der Waals surface area contributed by atoms with Crippen LogP contribution in [0, 0.1) is 10.1 Å². The van der Waals surface area contributed by atoms with E-state index in [-0.39, 0.29) is 17.2 Å². The molecule has 0 bridgehead atoms. The zero-order valence-corrected chi connectivity index (χ0v) is 8.06. The molecule has 14 heavy (non-hydrogen) atoms. The summed E-state index contributed by atoms with van der Waals surface area (Å²) < 4.78 is 0. The Morgan fingerprint density at radius 1 is 1.43 bits per heavy atom. The van der Waals surface area contributed by atoms with Crippen molar-refractivity contribution in [2.45, 2.75) is 19.8 Å². The van der Waals surface area contributed by atoms with Gasteiger partial charge in [-0.05, 0) is 17.5 Å². The first-order valence-corrected chi connectivity index (χ1v) is 4.29. The van der Waals surface area contributed by atoms with Gasteiger partial charge in [0.25, 0.3) is 5.69 Å². The second-order valence-electron chi connectivity index (χ2n) is 3.35. The fourth-order valence-electron chi connectivity index (χ4n) is 1.18. The van der Waals surface area contributed by atoms with Crippen LogP contribution in [-0.4, -0.2) is 11.2 Å². The van der Waals surface area contributed by atoms with Crippen molar-refractivity contribution in [1.82, 2.24) is 0 Å². The average molecular weight is 193 g/mol. The van der Waals surface area contributed by atoms with E-state index in [1.54, 1.807) is 6.07 Å². The summed E-state index contributed by atoms with van der Waals surface area (Å²) >= 11 is 0. The third-order valence-corrected chi connectivity index (χ3v) is 2.04. The second-order valence-corrected chi connectivity index (χ2v) is 3.35. The summed E-state index contributed by atoms with van der Waals surface area (Å²) in [5, 5.41) is 10.6. The van der Waals surface area contributed by atoms with Crippen LogP contribution in [0.5, 0.6) is 0 Å². The Morgan fingerprint density at radius 2 is 2.07 bits per heavy atom. The van der Waals surface area contributed by atoms with Crippen LogP contribution < -0.4 is 0 Å². The Hall–Kier alpha value is -1.71. The molecule has 0 fully saturated rings. The van der Waals surface area contributed by atoms with Crippen molar-refractivity contribution in [3.63, 3.8) is 0 Å². The zero-order valence-electron chi connectivity index (χ0n) is 8.06. The molecule has 0 N–H and O–H groups in total. The number of nitrogens with zero attached hydrogens (tertiary/aromatic N) is 1. The highest BCUT2D eigenvalue weighted by atomic mass is 16.6. The molecule has 0 spiro atoms. The fourth-order valence-corrected chi connectivity index (χ4v) is 1.18. The lowest BCUT2D eigenvalue weighted by Gasteiger charge is -2.05. The average Bonchev–Trinajstić information content (AvgIpc) is 2.16. The van der Waals surface area contributed by atoms with Crippen molar-refractivity contribution in [3.05, 3.63) is 39.4 Å². The van der Waals surface area contributed by atoms with Crippen molar-refractivity contribution in [2.75, 3.05) is 0 Å². The van der Waals surface area contributed by atoms with Gasteiger partial charge in [-0.2, -0.15) is 0 Å². The molecule has 1 aromatic rings. The number of benzene rings is 1. The van der Waals surface area contributed by atoms with Crippen LogP contribution >= 0.6 is 0 Å². The Kier molecular flexibility index (Phi) is 2.96. The minimum atomic E-state index is -0.532. The maximum Gasteiger partial charge on any atom is 0.280 e. The molecule has 0 saturated heterocycles. The number of hydrogen-bond donors (Lipinski definition) is 0. The Morgan fingerprint density at radius 3 is 2.50 bits per heavy atom. The van der Waals surface area contributed by atoms with E-state index in [0.717, 1.165) is 5.56 Å². The molecule has 4 nitrogen and oxygen atoms in total. The molecule has 4 heteroatoms. The lowest BCUT2D eigenvalue weighted by molar-refractivity contribution is -0.385. The van der Waals surface area contributed by atoms with Crippen molar-refractivity contribution >= 4 is 12.0 Å². The SMILES string of the molecule is CC(C)c1ccc(C=O)c([N+](=O)[O-])c1. The monoisotopic (exact) mass is 193 g/mol. The zero-order chi connectivity index (χ0) is 10.7. The first-order valence-electron chi connectivity index (χ1n) is 4.29. The standard InChI is InChI=1S/C10H11NO3/c1-7(2)8-3-4-9(6-12)10(5-8)11(13)14/h3-7H,1-2H3. The molecule has 0 atom stereocenters. The van der Waals surface area contributed by atoms with E-state index in [0.29, 0.717) is 6.29 Å². The van der Waals surface area contributed by atoms with E-state index in [1.807, 2.05) is 13.8 Å². The largest absolute Gasteiger partial charge is 0.298 e. The molecule has 0 saturated carbocycles. The molecule has 0 aliphatic heterocycles. The highest BCUT2D eigenvalue weighted by Gasteiger charge is 2.14. The number of nitro benzene ring substituents is 1. The van der Waals surface area contributed by atoms with Crippen LogP contribution in [0.15, 0.2) is 18.2 Å². The molecule has 0 aliphatic rings. The van der Waals surface area contributed by atoms with Crippen molar-refractivity contribution in [2.24, 2.45) is 0 Å². The number of hydrogen-bond acceptors (Lipinski definition) is 3. The quantitative estimate of drug-likeness (QED) is 0.421. The van der Waals surface area contributed by atoms with Gasteiger partial charge in [0, 0.05) is 6.07 Å². The van der Waals surface area contributed by atoms with Gasteiger partial charge in [0.2, 0.25) is 0 Å². The lowest BCUT2D eigenvalue weighted by Crippen LogP contribution is -1.97. The van der Waals surface area contributed by atoms with Gasteiger partial charge in [-0.3, -0.25) is 14.9 Å². The summed E-state index contributed by atoms with van der Waals surface area (Å²) in [5.74, 6) is 0.217. The molecule has 74 valence electrons. The maximum absolute atomic E-state index is 10.6. The highest BCUT2D eigenvalue weighted by Crippen LogP contribution is 2.23. The molecule has 0 heterocycles. The molecule has 0 radical (unpaired) electrons. The minimum absolute atomic E-state index is 0.119. The molecule has 1 rings (SSSR count). The van der Waals surface area contributed by atoms with Crippen LogP contribution in [0.2, 0.25) is 0 Å². The van der Waals surface area contributed by atoms with Crippen LogP contribution in [-0.2, 0) is 0 Å². The van der Waals surface area contributed by atoms with Gasteiger partial charge in [-0.15, -0.1) is 0 Å². The number of carbonyl (C=O) groups excluding carboxylic acids is 1. The van der Waals surface area contributed by atoms with Gasteiger partial charge < -0.3 is 0 Å². The Balaban J connectivity index is 3.27. The highest BCUT2D eigenvalue weighted by molar-refractivity contribution is 5.81. The summed E-state index contributed by atoms with van der Waals surface area (Å²) in [4.78, 5) is 20.6. The molecular formula is C10H11NO3. The molecule has 0 unspecified atom stereocenters. The van der Waals surface area contributed by atoms with E-state index < -0.39 is 4.92 Å². The normalized spacial score (nSPS) is 10.2. The van der Waals surface area contributed by atoms with E-state index in [9.17, 15) is 14.9 Å². The Bertz CT molecular complexity index is 372. The predicted molar refractivity (Wildman–Crippen MR) is 52.6 cm³/mol. The van der Waals surface area contributed by atoms with E-state index in [2.05, 4.69) is 0 Å². The maximum atomic E-state index is 10.6. The number of aldehydes is 1. The van der Waals surface area contributed by atoms with Gasteiger partial charge in [-0.25, -0.2) is 0 Å². The number of rotatable bonds is 3. The third-order valence-electron chi connectivity index (χ3n) is 2.04. The van der Waals surface area contributed by atoms with Crippen LogP contribution in [0.25, 0.3) is 0 Å². The van der Waals surface area contributed by atoms with Crippen molar-refractivity contribution in [3.8, 4) is 0 Å². The first kappa shape index (κ1) is 10.4. The van der Waals surface area contributed by atoms with E-state index in [4.69, 9.17) is 0 Å². The molecular weight excluding hydrogens is 182 g/mol. The lowest BCUT2D eigenvalue weighted by atomic mass is 10.0. The van der Waals surface area contributed by atoms with E-state index in [1.165, 1.54) is 12.1 Å². The van der Waals surface area contributed by atoms with Crippen LogP contribution in [0.3, 0.4) is 0 Å². The van der Waals surface area contributed by atoms with Crippen molar-refractivity contribution in [1.29, 1.82) is 0 Å². The van der Waals surface area contributed by atoms with Crippen LogP contribution in [0.4, 0.5) is 5.69 Å². The summed E-state index contributed by atoms with van der Waals surface area (Å²) in [6.07, 6.45) is 0.502. The number of nitro groups is 1. The summed E-state index contributed by atoms with van der Waals surface area (Å²) in [6, 6.07) is 4.68. The summed E-state index contributed by atoms with van der Waals surface area (Å²) in [5.41, 5.74) is 0.868. The van der Waals surface area contributed by atoms with Gasteiger partial charge in [-0.1, -0.05) is 19.9 Å². The fraction of sp³-hybridized carbons (Fsp3) is 0.300. The smallest absolute Gasteiger partial charge is 0.280 e. The van der Waals surface area contributed by atoms with E-state index >= 15 is 0 Å². The first-order chi connectivity index (χ1) is 6.56. The molecule has 0 amide bonds. The number of carbonyl (C=O) groups is 1. The molecule has 0 aliphatic carbocycles. The van der Waals surface area contributed by atoms with Gasteiger partial charge in [0.15, 0.2) is 6.29 Å². The molecule has 0 aromatic heterocycles. The minimum Gasteiger partial charge on any atom is -0.298 e.